The number of hydrogen-bond donors (Lipinski definition) is 0. The van der Waals surface area contributed by atoms with Crippen molar-refractivity contribution >= 4 is 27.5 Å². The average molecular weight is 236 g/mol. The van der Waals surface area contributed by atoms with Crippen LogP contribution in [0, 0.1) is 0 Å². The zero-order valence-corrected chi connectivity index (χ0v) is 8.32. The maximum atomic E-state index is 5.84. The summed E-state index contributed by atoms with van der Waals surface area (Å²) in [6, 6.07) is 1.77. The van der Waals surface area contributed by atoms with Crippen molar-refractivity contribution in [3.63, 3.8) is 0 Å². The quantitative estimate of drug-likeness (QED) is 0.788. The summed E-state index contributed by atoms with van der Waals surface area (Å²) in [5, 5.41) is 0.523. The molecular weight excluding hydrogens is 229 g/mol. The Morgan fingerprint density at radius 1 is 1.73 bits per heavy atom. The predicted molar refractivity (Wildman–Crippen MR) is 48.1 cm³/mol. The van der Waals surface area contributed by atoms with E-state index in [0.29, 0.717) is 17.5 Å². The number of rotatable bonds is 2. The van der Waals surface area contributed by atoms with Crippen LogP contribution < -0.4 is 4.74 Å². The molecule has 0 unspecified atom stereocenters. The Labute approximate surface area is 78.7 Å². The molecule has 1 heterocycles. The van der Waals surface area contributed by atoms with Gasteiger partial charge in [0.05, 0.1) is 6.61 Å². The molecule has 0 fully saturated rings. The first kappa shape index (κ1) is 8.81. The molecule has 0 aliphatic heterocycles. The summed E-state index contributed by atoms with van der Waals surface area (Å²) in [6.07, 6.45) is 1.64. The number of hydrogen-bond acceptors (Lipinski definition) is 2. The van der Waals surface area contributed by atoms with Crippen LogP contribution in [-0.2, 0) is 0 Å². The van der Waals surface area contributed by atoms with Gasteiger partial charge in [-0.25, -0.2) is 4.98 Å². The predicted octanol–water partition coefficient (Wildman–Crippen LogP) is 2.90. The van der Waals surface area contributed by atoms with E-state index in [1.54, 1.807) is 12.3 Å². The van der Waals surface area contributed by atoms with Crippen LogP contribution in [0.2, 0.25) is 5.02 Å². The molecule has 0 aliphatic rings. The maximum Gasteiger partial charge on any atom is 0.233 e. The third kappa shape index (κ3) is 2.07. The summed E-state index contributed by atoms with van der Waals surface area (Å²) in [5.74, 6) is 0.476. The average Bonchev–Trinajstić information content (AvgIpc) is 1.99. The van der Waals surface area contributed by atoms with Gasteiger partial charge in [-0.3, -0.25) is 0 Å². The highest BCUT2D eigenvalue weighted by Crippen LogP contribution is 2.29. The Bertz CT molecular complexity index is 254. The van der Waals surface area contributed by atoms with Crippen molar-refractivity contribution in [1.82, 2.24) is 4.98 Å². The van der Waals surface area contributed by atoms with Gasteiger partial charge in [-0.1, -0.05) is 11.6 Å². The third-order valence-electron chi connectivity index (χ3n) is 1.09. The summed E-state index contributed by atoms with van der Waals surface area (Å²) in [4.78, 5) is 3.94. The second-order valence-electron chi connectivity index (χ2n) is 1.84. The van der Waals surface area contributed by atoms with E-state index in [2.05, 4.69) is 20.9 Å². The standard InChI is InChI=1S/C7H7BrClNO/c1-2-11-7-6(9)5(8)3-4-10-7/h3-4H,2H2,1H3. The monoisotopic (exact) mass is 235 g/mol. The van der Waals surface area contributed by atoms with E-state index in [4.69, 9.17) is 16.3 Å². The van der Waals surface area contributed by atoms with Gasteiger partial charge < -0.3 is 4.74 Å². The van der Waals surface area contributed by atoms with Gasteiger partial charge in [0.15, 0.2) is 0 Å². The maximum absolute atomic E-state index is 5.84. The molecule has 2 nitrogen and oxygen atoms in total. The molecule has 11 heavy (non-hydrogen) atoms. The number of ether oxygens (including phenoxy) is 1. The first-order valence-corrected chi connectivity index (χ1v) is 4.35. The van der Waals surface area contributed by atoms with Gasteiger partial charge in [0.1, 0.15) is 5.02 Å². The van der Waals surface area contributed by atoms with Crippen LogP contribution in [-0.4, -0.2) is 11.6 Å². The number of aromatic nitrogens is 1. The fourth-order valence-electron chi connectivity index (χ4n) is 0.640. The zero-order valence-electron chi connectivity index (χ0n) is 5.97. The lowest BCUT2D eigenvalue weighted by Crippen LogP contribution is -1.94. The van der Waals surface area contributed by atoms with Crippen molar-refractivity contribution in [3.8, 4) is 5.88 Å². The van der Waals surface area contributed by atoms with E-state index >= 15 is 0 Å². The molecule has 0 bridgehead atoms. The van der Waals surface area contributed by atoms with E-state index in [1.165, 1.54) is 0 Å². The molecule has 0 saturated heterocycles. The van der Waals surface area contributed by atoms with E-state index < -0.39 is 0 Å². The first-order chi connectivity index (χ1) is 5.25. The lowest BCUT2D eigenvalue weighted by Gasteiger charge is -2.03. The summed E-state index contributed by atoms with van der Waals surface area (Å²) >= 11 is 9.10. The highest BCUT2D eigenvalue weighted by atomic mass is 79.9. The minimum atomic E-state index is 0.476. The van der Waals surface area contributed by atoms with Gasteiger partial charge in [0.25, 0.3) is 0 Å². The Morgan fingerprint density at radius 2 is 2.45 bits per heavy atom. The van der Waals surface area contributed by atoms with Crippen molar-refractivity contribution < 1.29 is 4.74 Å². The zero-order chi connectivity index (χ0) is 8.27. The van der Waals surface area contributed by atoms with Crippen molar-refractivity contribution in [1.29, 1.82) is 0 Å². The molecule has 1 rings (SSSR count). The van der Waals surface area contributed by atoms with Gasteiger partial charge >= 0.3 is 0 Å². The van der Waals surface area contributed by atoms with E-state index in [0.717, 1.165) is 4.47 Å². The lowest BCUT2D eigenvalue weighted by atomic mass is 10.5. The van der Waals surface area contributed by atoms with E-state index in [1.807, 2.05) is 6.92 Å². The van der Waals surface area contributed by atoms with Gasteiger partial charge in [0.2, 0.25) is 5.88 Å². The fourth-order valence-corrected chi connectivity index (χ4v) is 1.09. The molecule has 0 N–H and O–H groups in total. The summed E-state index contributed by atoms with van der Waals surface area (Å²) < 4.78 is 5.95. The molecule has 0 amide bonds. The molecule has 0 aromatic carbocycles. The molecule has 0 spiro atoms. The molecular formula is C7H7BrClNO. The lowest BCUT2D eigenvalue weighted by molar-refractivity contribution is 0.327. The second kappa shape index (κ2) is 3.93. The van der Waals surface area contributed by atoms with Crippen molar-refractivity contribution in [2.75, 3.05) is 6.61 Å². The molecule has 0 atom stereocenters. The SMILES string of the molecule is CCOc1nccc(Br)c1Cl. The molecule has 60 valence electrons. The van der Waals surface area contributed by atoms with Crippen LogP contribution in [0.3, 0.4) is 0 Å². The highest BCUT2D eigenvalue weighted by molar-refractivity contribution is 9.10. The smallest absolute Gasteiger partial charge is 0.233 e. The Balaban J connectivity index is 2.96. The van der Waals surface area contributed by atoms with Crippen LogP contribution in [0.5, 0.6) is 5.88 Å². The minimum absolute atomic E-state index is 0.476. The van der Waals surface area contributed by atoms with Gasteiger partial charge in [-0.05, 0) is 28.9 Å². The van der Waals surface area contributed by atoms with Gasteiger partial charge in [0, 0.05) is 10.7 Å². The normalized spacial score (nSPS) is 9.73. The Morgan fingerprint density at radius 3 is 3.09 bits per heavy atom. The minimum Gasteiger partial charge on any atom is -0.477 e. The van der Waals surface area contributed by atoms with Crippen molar-refractivity contribution in [3.05, 3.63) is 21.8 Å². The molecule has 0 saturated carbocycles. The topological polar surface area (TPSA) is 22.1 Å². The van der Waals surface area contributed by atoms with E-state index in [-0.39, 0.29) is 0 Å². The van der Waals surface area contributed by atoms with Crippen LogP contribution in [0.1, 0.15) is 6.92 Å². The number of pyridine rings is 1. The molecule has 1 aromatic heterocycles. The van der Waals surface area contributed by atoms with Crippen molar-refractivity contribution in [2.24, 2.45) is 0 Å². The van der Waals surface area contributed by atoms with Gasteiger partial charge in [-0.15, -0.1) is 0 Å². The molecule has 4 heteroatoms. The fraction of sp³-hybridized carbons (Fsp3) is 0.286. The molecule has 0 aliphatic carbocycles. The first-order valence-electron chi connectivity index (χ1n) is 3.18. The van der Waals surface area contributed by atoms with E-state index in [9.17, 15) is 0 Å². The molecule has 1 aromatic rings. The Kier molecular flexibility index (Phi) is 3.15. The Hall–Kier alpha value is -0.280. The van der Waals surface area contributed by atoms with Crippen LogP contribution in [0.4, 0.5) is 0 Å². The summed E-state index contributed by atoms with van der Waals surface area (Å²) in [6.45, 7) is 2.46. The number of halogens is 2. The van der Waals surface area contributed by atoms with Crippen LogP contribution in [0.15, 0.2) is 16.7 Å². The summed E-state index contributed by atoms with van der Waals surface area (Å²) in [7, 11) is 0. The highest BCUT2D eigenvalue weighted by Gasteiger charge is 2.04. The van der Waals surface area contributed by atoms with Crippen molar-refractivity contribution in [2.45, 2.75) is 6.92 Å². The summed E-state index contributed by atoms with van der Waals surface area (Å²) in [5.41, 5.74) is 0. The molecule has 0 radical (unpaired) electrons. The third-order valence-corrected chi connectivity index (χ3v) is 2.35. The largest absolute Gasteiger partial charge is 0.477 e. The second-order valence-corrected chi connectivity index (χ2v) is 3.08. The number of nitrogens with zero attached hydrogens (tertiary/aromatic N) is 1. The van der Waals surface area contributed by atoms with Crippen LogP contribution in [0.25, 0.3) is 0 Å². The van der Waals surface area contributed by atoms with Crippen LogP contribution >= 0.6 is 27.5 Å². The van der Waals surface area contributed by atoms with Gasteiger partial charge in [-0.2, -0.15) is 0 Å².